The Kier molecular flexibility index (Phi) is 3.82. The number of rotatable bonds is 3. The lowest BCUT2D eigenvalue weighted by atomic mass is 10.0. The molecule has 0 aromatic heterocycles. The molecule has 1 N–H and O–H groups in total. The van der Waals surface area contributed by atoms with Gasteiger partial charge in [0.05, 0.1) is 6.10 Å². The van der Waals surface area contributed by atoms with Gasteiger partial charge in [-0.2, -0.15) is 0 Å². The van der Waals surface area contributed by atoms with E-state index in [9.17, 15) is 5.11 Å². The van der Waals surface area contributed by atoms with Crippen molar-refractivity contribution in [3.05, 3.63) is 70.2 Å². The SMILES string of the molecule is Cc1cccc(C(O)Cc2cccc(Cl)c2)c1. The van der Waals surface area contributed by atoms with Crippen LogP contribution < -0.4 is 0 Å². The Morgan fingerprint density at radius 1 is 1.12 bits per heavy atom. The summed E-state index contributed by atoms with van der Waals surface area (Å²) in [5.41, 5.74) is 3.16. The van der Waals surface area contributed by atoms with Gasteiger partial charge in [0.2, 0.25) is 0 Å². The summed E-state index contributed by atoms with van der Waals surface area (Å²) in [5.74, 6) is 0. The molecule has 2 aromatic carbocycles. The Hall–Kier alpha value is -1.31. The van der Waals surface area contributed by atoms with Crippen LogP contribution in [-0.2, 0) is 6.42 Å². The molecule has 0 aliphatic carbocycles. The summed E-state index contributed by atoms with van der Waals surface area (Å²) in [6.07, 6.45) is 0.109. The molecular weight excluding hydrogens is 232 g/mol. The van der Waals surface area contributed by atoms with E-state index >= 15 is 0 Å². The molecule has 2 aromatic rings. The van der Waals surface area contributed by atoms with Crippen molar-refractivity contribution in [2.75, 3.05) is 0 Å². The van der Waals surface area contributed by atoms with Crippen LogP contribution in [0.25, 0.3) is 0 Å². The topological polar surface area (TPSA) is 20.2 Å². The van der Waals surface area contributed by atoms with Gasteiger partial charge >= 0.3 is 0 Å². The van der Waals surface area contributed by atoms with Gasteiger partial charge in [-0.1, -0.05) is 53.6 Å². The molecule has 0 heterocycles. The average Bonchev–Trinajstić information content (AvgIpc) is 2.29. The molecule has 0 aliphatic rings. The minimum Gasteiger partial charge on any atom is -0.388 e. The smallest absolute Gasteiger partial charge is 0.0830 e. The van der Waals surface area contributed by atoms with Crippen molar-refractivity contribution in [3.63, 3.8) is 0 Å². The maximum Gasteiger partial charge on any atom is 0.0830 e. The molecule has 0 aliphatic heterocycles. The lowest BCUT2D eigenvalue weighted by molar-refractivity contribution is 0.178. The van der Waals surface area contributed by atoms with Crippen molar-refractivity contribution in [1.82, 2.24) is 0 Å². The largest absolute Gasteiger partial charge is 0.388 e. The minimum atomic E-state index is -0.478. The van der Waals surface area contributed by atoms with Crippen LogP contribution in [0.5, 0.6) is 0 Å². The van der Waals surface area contributed by atoms with Crippen LogP contribution in [-0.4, -0.2) is 5.11 Å². The summed E-state index contributed by atoms with van der Waals surface area (Å²) >= 11 is 5.92. The molecule has 0 saturated heterocycles. The molecule has 2 rings (SSSR count). The Morgan fingerprint density at radius 2 is 1.88 bits per heavy atom. The lowest BCUT2D eigenvalue weighted by Crippen LogP contribution is -2.01. The summed E-state index contributed by atoms with van der Waals surface area (Å²) in [6, 6.07) is 15.6. The third kappa shape index (κ3) is 3.32. The van der Waals surface area contributed by atoms with E-state index in [2.05, 4.69) is 0 Å². The molecular formula is C15H15ClO. The summed E-state index contributed by atoms with van der Waals surface area (Å²) in [4.78, 5) is 0. The first-order chi connectivity index (χ1) is 8.15. The van der Waals surface area contributed by atoms with Gasteiger partial charge in [0.1, 0.15) is 0 Å². The number of hydrogen-bond donors (Lipinski definition) is 1. The summed E-state index contributed by atoms with van der Waals surface area (Å²) in [5, 5.41) is 10.9. The normalized spacial score (nSPS) is 12.4. The van der Waals surface area contributed by atoms with Crippen LogP contribution >= 0.6 is 11.6 Å². The Balaban J connectivity index is 2.14. The Labute approximate surface area is 107 Å². The monoisotopic (exact) mass is 246 g/mol. The highest BCUT2D eigenvalue weighted by Crippen LogP contribution is 2.20. The van der Waals surface area contributed by atoms with E-state index in [1.54, 1.807) is 0 Å². The van der Waals surface area contributed by atoms with E-state index in [1.807, 2.05) is 55.5 Å². The third-order valence-corrected chi connectivity index (χ3v) is 2.98. The second kappa shape index (κ2) is 5.35. The van der Waals surface area contributed by atoms with E-state index in [1.165, 1.54) is 0 Å². The van der Waals surface area contributed by atoms with Gasteiger partial charge in [-0.15, -0.1) is 0 Å². The van der Waals surface area contributed by atoms with Crippen LogP contribution in [0, 0.1) is 6.92 Å². The molecule has 1 nitrogen and oxygen atoms in total. The van der Waals surface area contributed by atoms with Gasteiger partial charge in [-0.25, -0.2) is 0 Å². The molecule has 1 unspecified atom stereocenters. The van der Waals surface area contributed by atoms with Gasteiger partial charge in [0, 0.05) is 11.4 Å². The highest BCUT2D eigenvalue weighted by Gasteiger charge is 2.08. The Morgan fingerprint density at radius 3 is 2.59 bits per heavy atom. The van der Waals surface area contributed by atoms with Gasteiger partial charge in [0.25, 0.3) is 0 Å². The van der Waals surface area contributed by atoms with E-state index in [0.717, 1.165) is 16.7 Å². The number of aliphatic hydroxyl groups excluding tert-OH is 1. The van der Waals surface area contributed by atoms with Crippen LogP contribution in [0.3, 0.4) is 0 Å². The summed E-state index contributed by atoms with van der Waals surface area (Å²) in [6.45, 7) is 2.02. The predicted molar refractivity (Wildman–Crippen MR) is 71.3 cm³/mol. The molecule has 0 bridgehead atoms. The van der Waals surface area contributed by atoms with Crippen molar-refractivity contribution in [1.29, 1.82) is 0 Å². The van der Waals surface area contributed by atoms with Gasteiger partial charge in [-0.05, 0) is 30.2 Å². The Bertz CT molecular complexity index is 508. The van der Waals surface area contributed by atoms with Gasteiger partial charge in [0.15, 0.2) is 0 Å². The number of aliphatic hydroxyl groups is 1. The first kappa shape index (κ1) is 12.2. The number of aryl methyl sites for hydroxylation is 1. The maximum atomic E-state index is 10.1. The number of halogens is 1. The molecule has 1 atom stereocenters. The van der Waals surface area contributed by atoms with Crippen molar-refractivity contribution in [2.45, 2.75) is 19.4 Å². The zero-order valence-corrected chi connectivity index (χ0v) is 10.5. The fraction of sp³-hybridized carbons (Fsp3) is 0.200. The number of benzene rings is 2. The quantitative estimate of drug-likeness (QED) is 0.870. The highest BCUT2D eigenvalue weighted by molar-refractivity contribution is 6.30. The standard InChI is InChI=1S/C15H15ClO/c1-11-4-2-6-13(8-11)15(17)10-12-5-3-7-14(16)9-12/h2-9,15,17H,10H2,1H3. The van der Waals surface area contributed by atoms with E-state index in [4.69, 9.17) is 11.6 Å². The van der Waals surface area contributed by atoms with Crippen molar-refractivity contribution >= 4 is 11.6 Å². The summed E-state index contributed by atoms with van der Waals surface area (Å²) < 4.78 is 0. The fourth-order valence-corrected chi connectivity index (χ4v) is 2.10. The first-order valence-corrected chi connectivity index (χ1v) is 6.02. The molecule has 17 heavy (non-hydrogen) atoms. The highest BCUT2D eigenvalue weighted by atomic mass is 35.5. The van der Waals surface area contributed by atoms with Crippen molar-refractivity contribution < 1.29 is 5.11 Å². The van der Waals surface area contributed by atoms with Crippen LogP contribution in [0.4, 0.5) is 0 Å². The molecule has 0 saturated carbocycles. The zero-order chi connectivity index (χ0) is 12.3. The van der Waals surface area contributed by atoms with Crippen molar-refractivity contribution in [2.24, 2.45) is 0 Å². The second-order valence-electron chi connectivity index (χ2n) is 4.26. The van der Waals surface area contributed by atoms with E-state index in [0.29, 0.717) is 11.4 Å². The molecule has 0 radical (unpaired) electrons. The molecule has 0 fully saturated rings. The third-order valence-electron chi connectivity index (χ3n) is 2.74. The van der Waals surface area contributed by atoms with Crippen molar-refractivity contribution in [3.8, 4) is 0 Å². The molecule has 2 heteroatoms. The molecule has 0 spiro atoms. The van der Waals surface area contributed by atoms with E-state index in [-0.39, 0.29) is 0 Å². The van der Waals surface area contributed by atoms with Crippen LogP contribution in [0.2, 0.25) is 5.02 Å². The molecule has 0 amide bonds. The summed E-state index contributed by atoms with van der Waals surface area (Å²) in [7, 11) is 0. The average molecular weight is 247 g/mol. The number of hydrogen-bond acceptors (Lipinski definition) is 1. The first-order valence-electron chi connectivity index (χ1n) is 5.64. The van der Waals surface area contributed by atoms with Crippen LogP contribution in [0.1, 0.15) is 22.8 Å². The second-order valence-corrected chi connectivity index (χ2v) is 4.70. The van der Waals surface area contributed by atoms with Gasteiger partial charge in [-0.3, -0.25) is 0 Å². The lowest BCUT2D eigenvalue weighted by Gasteiger charge is -2.12. The zero-order valence-electron chi connectivity index (χ0n) is 9.73. The van der Waals surface area contributed by atoms with Crippen LogP contribution in [0.15, 0.2) is 48.5 Å². The predicted octanol–water partition coefficient (Wildman–Crippen LogP) is 3.92. The van der Waals surface area contributed by atoms with E-state index < -0.39 is 6.10 Å². The van der Waals surface area contributed by atoms with Gasteiger partial charge < -0.3 is 5.11 Å². The molecule has 88 valence electrons. The minimum absolute atomic E-state index is 0.478. The fourth-order valence-electron chi connectivity index (χ4n) is 1.88. The maximum absolute atomic E-state index is 10.1.